The number of hydrogen-bond acceptors (Lipinski definition) is 2. The van der Waals surface area contributed by atoms with Crippen LogP contribution in [0.5, 0.6) is 0 Å². The third-order valence-corrected chi connectivity index (χ3v) is 5.22. The number of hydrogen-bond donors (Lipinski definition) is 2. The maximum Gasteiger partial charge on any atom is 0.319 e. The number of benzene rings is 2. The molecule has 2 aromatic rings. The van der Waals surface area contributed by atoms with E-state index in [1.165, 1.54) is 0 Å². The minimum absolute atomic E-state index is 0.0550. The Hall–Kier alpha value is -2.24. The molecule has 1 fully saturated rings. The molecular weight excluding hydrogens is 385 g/mol. The Morgan fingerprint density at radius 1 is 1.00 bits per heavy atom. The first kappa shape index (κ1) is 19.5. The molecule has 5 nitrogen and oxygen atoms in total. The van der Waals surface area contributed by atoms with Crippen LogP contribution in [0.4, 0.5) is 10.5 Å². The summed E-state index contributed by atoms with van der Waals surface area (Å²) in [6.45, 7) is 1.47. The van der Waals surface area contributed by atoms with Crippen molar-refractivity contribution in [3.8, 4) is 0 Å². The van der Waals surface area contributed by atoms with E-state index in [1.807, 2.05) is 35.2 Å². The number of carbonyl (C=O) groups is 2. The minimum atomic E-state index is -0.631. The molecule has 3 amide bonds. The van der Waals surface area contributed by atoms with Gasteiger partial charge in [-0.05, 0) is 36.6 Å². The summed E-state index contributed by atoms with van der Waals surface area (Å²) in [5.41, 5.74) is 1.50. The lowest BCUT2D eigenvalue weighted by Crippen LogP contribution is -2.50. The van der Waals surface area contributed by atoms with Gasteiger partial charge in [0.1, 0.15) is 6.04 Å². The third kappa shape index (κ3) is 5.37. The van der Waals surface area contributed by atoms with Crippen molar-refractivity contribution in [2.45, 2.75) is 25.3 Å². The molecule has 0 bridgehead atoms. The summed E-state index contributed by atoms with van der Waals surface area (Å²) in [5.74, 6) is -0.0550. The first-order valence-electron chi connectivity index (χ1n) is 8.88. The van der Waals surface area contributed by atoms with Crippen LogP contribution < -0.4 is 10.6 Å². The van der Waals surface area contributed by atoms with Gasteiger partial charge in [0.15, 0.2) is 0 Å². The number of anilines is 1. The van der Waals surface area contributed by atoms with Crippen LogP contribution in [-0.2, 0) is 11.2 Å². The Labute approximate surface area is 168 Å². The van der Waals surface area contributed by atoms with Gasteiger partial charge in [-0.25, -0.2) is 4.79 Å². The van der Waals surface area contributed by atoms with Crippen LogP contribution in [0.3, 0.4) is 0 Å². The molecule has 1 unspecified atom stereocenters. The number of amides is 3. The zero-order valence-electron chi connectivity index (χ0n) is 14.8. The van der Waals surface area contributed by atoms with Gasteiger partial charge >= 0.3 is 6.03 Å². The van der Waals surface area contributed by atoms with Gasteiger partial charge in [0.05, 0.1) is 10.0 Å². The van der Waals surface area contributed by atoms with Crippen LogP contribution in [-0.4, -0.2) is 36.0 Å². The Kier molecular flexibility index (Phi) is 6.58. The van der Waals surface area contributed by atoms with E-state index in [9.17, 15) is 9.59 Å². The second-order valence-electron chi connectivity index (χ2n) is 6.50. The predicted octanol–water partition coefficient (Wildman–Crippen LogP) is 4.35. The van der Waals surface area contributed by atoms with E-state index in [4.69, 9.17) is 23.2 Å². The highest BCUT2D eigenvalue weighted by Crippen LogP contribution is 2.25. The molecular formula is C20H21Cl2N3O2. The van der Waals surface area contributed by atoms with Crippen molar-refractivity contribution >= 4 is 40.8 Å². The van der Waals surface area contributed by atoms with E-state index in [2.05, 4.69) is 10.6 Å². The van der Waals surface area contributed by atoms with Crippen molar-refractivity contribution in [3.63, 3.8) is 0 Å². The first-order valence-corrected chi connectivity index (χ1v) is 9.64. The van der Waals surface area contributed by atoms with Crippen molar-refractivity contribution < 1.29 is 9.59 Å². The number of urea groups is 1. The number of nitrogens with zero attached hydrogens (tertiary/aromatic N) is 1. The van der Waals surface area contributed by atoms with E-state index in [0.717, 1.165) is 31.5 Å². The summed E-state index contributed by atoms with van der Waals surface area (Å²) in [6.07, 6.45) is 2.43. The van der Waals surface area contributed by atoms with Gasteiger partial charge in [0, 0.05) is 25.2 Å². The Bertz CT molecular complexity index is 808. The number of carbonyl (C=O) groups excluding carboxylic acids is 2. The van der Waals surface area contributed by atoms with Crippen LogP contribution in [0.25, 0.3) is 0 Å². The molecule has 7 heteroatoms. The zero-order chi connectivity index (χ0) is 19.2. The molecule has 2 aromatic carbocycles. The topological polar surface area (TPSA) is 61.4 Å². The first-order chi connectivity index (χ1) is 13.0. The molecule has 1 aliphatic rings. The molecule has 0 aliphatic carbocycles. The fraction of sp³-hybridized carbons (Fsp3) is 0.300. The fourth-order valence-corrected chi connectivity index (χ4v) is 3.41. The van der Waals surface area contributed by atoms with Gasteiger partial charge in [-0.3, -0.25) is 4.79 Å². The van der Waals surface area contributed by atoms with E-state index < -0.39 is 12.1 Å². The van der Waals surface area contributed by atoms with Crippen LogP contribution in [0, 0.1) is 0 Å². The van der Waals surface area contributed by atoms with Gasteiger partial charge in [-0.1, -0.05) is 53.5 Å². The van der Waals surface area contributed by atoms with Crippen molar-refractivity contribution in [1.82, 2.24) is 10.2 Å². The van der Waals surface area contributed by atoms with Crippen molar-refractivity contribution in [1.29, 1.82) is 0 Å². The summed E-state index contributed by atoms with van der Waals surface area (Å²) in [6, 6.07) is 13.4. The maximum atomic E-state index is 12.9. The predicted molar refractivity (Wildman–Crippen MR) is 108 cm³/mol. The minimum Gasteiger partial charge on any atom is -0.341 e. The average molecular weight is 406 g/mol. The maximum absolute atomic E-state index is 12.9. The number of likely N-dealkylation sites (tertiary alicyclic amines) is 1. The smallest absolute Gasteiger partial charge is 0.319 e. The normalized spacial score (nSPS) is 14.7. The quantitative estimate of drug-likeness (QED) is 0.776. The van der Waals surface area contributed by atoms with E-state index >= 15 is 0 Å². The van der Waals surface area contributed by atoms with Gasteiger partial charge in [-0.15, -0.1) is 0 Å². The van der Waals surface area contributed by atoms with Crippen LogP contribution >= 0.6 is 23.2 Å². The Morgan fingerprint density at radius 2 is 1.70 bits per heavy atom. The lowest BCUT2D eigenvalue weighted by atomic mass is 10.0. The van der Waals surface area contributed by atoms with Gasteiger partial charge < -0.3 is 15.5 Å². The molecule has 1 heterocycles. The summed E-state index contributed by atoms with van der Waals surface area (Å²) in [4.78, 5) is 27.2. The van der Waals surface area contributed by atoms with Crippen molar-refractivity contribution in [3.05, 3.63) is 64.1 Å². The van der Waals surface area contributed by atoms with E-state index in [-0.39, 0.29) is 5.91 Å². The molecule has 3 rings (SSSR count). The number of rotatable bonds is 5. The molecule has 27 heavy (non-hydrogen) atoms. The molecule has 0 spiro atoms. The highest BCUT2D eigenvalue weighted by atomic mass is 35.5. The van der Waals surface area contributed by atoms with Crippen LogP contribution in [0.1, 0.15) is 18.4 Å². The van der Waals surface area contributed by atoms with Gasteiger partial charge in [0.25, 0.3) is 0 Å². The number of halogens is 2. The third-order valence-electron chi connectivity index (χ3n) is 4.48. The molecule has 0 saturated carbocycles. The summed E-state index contributed by atoms with van der Waals surface area (Å²) >= 11 is 11.9. The molecule has 2 N–H and O–H groups in total. The summed E-state index contributed by atoms with van der Waals surface area (Å²) in [7, 11) is 0. The van der Waals surface area contributed by atoms with Gasteiger partial charge in [-0.2, -0.15) is 0 Å². The summed E-state index contributed by atoms with van der Waals surface area (Å²) in [5, 5.41) is 6.28. The van der Waals surface area contributed by atoms with E-state index in [1.54, 1.807) is 18.2 Å². The molecule has 1 saturated heterocycles. The average Bonchev–Trinajstić information content (AvgIpc) is 3.19. The van der Waals surface area contributed by atoms with Gasteiger partial charge in [0.2, 0.25) is 5.91 Å². The SMILES string of the molecule is O=C(Nc1ccc(Cl)c(Cl)c1)NC(Cc1ccccc1)C(=O)N1CCCC1. The highest BCUT2D eigenvalue weighted by Gasteiger charge is 2.28. The monoisotopic (exact) mass is 405 g/mol. The second-order valence-corrected chi connectivity index (χ2v) is 7.32. The molecule has 0 aromatic heterocycles. The Morgan fingerprint density at radius 3 is 2.37 bits per heavy atom. The molecule has 1 atom stereocenters. The molecule has 142 valence electrons. The second kappa shape index (κ2) is 9.11. The molecule has 1 aliphatic heterocycles. The van der Waals surface area contributed by atoms with E-state index in [0.29, 0.717) is 22.2 Å². The standard InChI is InChI=1S/C20H21Cl2N3O2/c21-16-9-8-15(13-17(16)22)23-20(27)24-18(12-14-6-2-1-3-7-14)19(26)25-10-4-5-11-25/h1-3,6-9,13,18H,4-5,10-12H2,(H2,23,24,27). The summed E-state index contributed by atoms with van der Waals surface area (Å²) < 4.78 is 0. The van der Waals surface area contributed by atoms with Crippen LogP contribution in [0.2, 0.25) is 10.0 Å². The Balaban J connectivity index is 1.70. The lowest BCUT2D eigenvalue weighted by molar-refractivity contribution is -0.132. The lowest BCUT2D eigenvalue weighted by Gasteiger charge is -2.24. The van der Waals surface area contributed by atoms with Crippen molar-refractivity contribution in [2.24, 2.45) is 0 Å². The number of nitrogens with one attached hydrogen (secondary N) is 2. The van der Waals surface area contributed by atoms with Crippen LogP contribution in [0.15, 0.2) is 48.5 Å². The van der Waals surface area contributed by atoms with Crippen molar-refractivity contribution in [2.75, 3.05) is 18.4 Å². The largest absolute Gasteiger partial charge is 0.341 e. The highest BCUT2D eigenvalue weighted by molar-refractivity contribution is 6.42. The zero-order valence-corrected chi connectivity index (χ0v) is 16.3. The molecule has 0 radical (unpaired) electrons. The fourth-order valence-electron chi connectivity index (χ4n) is 3.11.